The van der Waals surface area contributed by atoms with Crippen LogP contribution in [0.3, 0.4) is 0 Å². The largest absolute Gasteiger partial charge is 0.336 e. The van der Waals surface area contributed by atoms with Gasteiger partial charge in [0.15, 0.2) is 0 Å². The minimum absolute atomic E-state index is 0.0443. The van der Waals surface area contributed by atoms with Crippen molar-refractivity contribution in [2.45, 2.75) is 28.9 Å². The van der Waals surface area contributed by atoms with Crippen molar-refractivity contribution in [2.24, 2.45) is 0 Å². The van der Waals surface area contributed by atoms with Gasteiger partial charge < -0.3 is 4.90 Å². The maximum Gasteiger partial charge on any atom is 0.255 e. The first-order valence-corrected chi connectivity index (χ1v) is 11.2. The Labute approximate surface area is 164 Å². The Balaban J connectivity index is 1.70. The van der Waals surface area contributed by atoms with E-state index in [4.69, 9.17) is 0 Å². The van der Waals surface area contributed by atoms with E-state index in [1.165, 1.54) is 10.5 Å². The first-order valence-electron chi connectivity index (χ1n) is 8.84. The Morgan fingerprint density at radius 2 is 1.78 bits per heavy atom. The molecule has 1 aliphatic heterocycles. The van der Waals surface area contributed by atoms with Crippen LogP contribution in [0, 0.1) is 0 Å². The fourth-order valence-electron chi connectivity index (χ4n) is 2.95. The number of hydrogen-bond acceptors (Lipinski definition) is 5. The van der Waals surface area contributed by atoms with Crippen LogP contribution in [0.15, 0.2) is 58.6 Å². The molecule has 0 atom stereocenters. The molecule has 6 nitrogen and oxygen atoms in total. The zero-order chi connectivity index (χ0) is 19.4. The Morgan fingerprint density at radius 3 is 2.41 bits per heavy atom. The van der Waals surface area contributed by atoms with Gasteiger partial charge in [0.25, 0.3) is 5.91 Å². The van der Waals surface area contributed by atoms with Gasteiger partial charge in [0.2, 0.25) is 10.0 Å². The number of amides is 1. The number of piperazine rings is 1. The van der Waals surface area contributed by atoms with Crippen molar-refractivity contribution < 1.29 is 13.2 Å². The third kappa shape index (κ3) is 4.51. The van der Waals surface area contributed by atoms with Crippen molar-refractivity contribution in [3.8, 4) is 0 Å². The molecule has 2 aromatic rings. The van der Waals surface area contributed by atoms with Gasteiger partial charge in [-0.05, 0) is 24.3 Å². The fourth-order valence-corrected chi connectivity index (χ4v) is 5.28. The van der Waals surface area contributed by atoms with Crippen molar-refractivity contribution in [3.63, 3.8) is 0 Å². The van der Waals surface area contributed by atoms with Crippen LogP contribution in [0.25, 0.3) is 0 Å². The molecule has 1 aliphatic rings. The van der Waals surface area contributed by atoms with Crippen molar-refractivity contribution in [2.75, 3.05) is 26.2 Å². The monoisotopic (exact) mass is 405 g/mol. The molecule has 0 unspecified atom stereocenters. The van der Waals surface area contributed by atoms with E-state index in [0.717, 1.165) is 4.90 Å². The van der Waals surface area contributed by atoms with Gasteiger partial charge >= 0.3 is 0 Å². The minimum Gasteiger partial charge on any atom is -0.336 e. The number of aromatic nitrogens is 1. The quantitative estimate of drug-likeness (QED) is 0.716. The van der Waals surface area contributed by atoms with Crippen LogP contribution in [0.2, 0.25) is 0 Å². The second kappa shape index (κ2) is 8.41. The molecule has 1 aromatic carbocycles. The molecule has 0 radical (unpaired) electrons. The predicted molar refractivity (Wildman–Crippen MR) is 106 cm³/mol. The average molecular weight is 406 g/mol. The summed E-state index contributed by atoms with van der Waals surface area (Å²) in [5.74, 6) is -0.0443. The summed E-state index contributed by atoms with van der Waals surface area (Å²) in [6.07, 6.45) is 2.90. The zero-order valence-corrected chi connectivity index (χ0v) is 17.0. The van der Waals surface area contributed by atoms with Crippen LogP contribution in [0.1, 0.15) is 24.2 Å². The second-order valence-electron chi connectivity index (χ2n) is 6.55. The lowest BCUT2D eigenvalue weighted by atomic mass is 10.2. The number of rotatable bonds is 5. The number of pyridine rings is 1. The zero-order valence-electron chi connectivity index (χ0n) is 15.4. The Bertz CT molecular complexity index is 893. The number of benzene rings is 1. The van der Waals surface area contributed by atoms with Gasteiger partial charge in [-0.15, -0.1) is 11.8 Å². The first kappa shape index (κ1) is 19.9. The van der Waals surface area contributed by atoms with Gasteiger partial charge in [-0.2, -0.15) is 4.31 Å². The smallest absolute Gasteiger partial charge is 0.255 e. The molecule has 8 heteroatoms. The minimum atomic E-state index is -3.57. The molecule has 3 rings (SSSR count). The normalized spacial score (nSPS) is 15.9. The van der Waals surface area contributed by atoms with Crippen molar-refractivity contribution in [3.05, 3.63) is 54.4 Å². The fraction of sp³-hybridized carbons (Fsp3) is 0.368. The van der Waals surface area contributed by atoms with Gasteiger partial charge in [0.1, 0.15) is 4.90 Å². The standard InChI is InChI=1S/C19H23N3O3S2/c1-15(2)26-18-8-4-3-7-17(18)19(23)21-10-12-22(13-11-21)27(24,25)16-6-5-9-20-14-16/h3-9,14-15H,10-13H2,1-2H3. The predicted octanol–water partition coefficient (Wildman–Crippen LogP) is 2.73. The van der Waals surface area contributed by atoms with E-state index >= 15 is 0 Å². The molecule has 1 amide bonds. The molecule has 1 fully saturated rings. The Morgan fingerprint density at radius 1 is 1.07 bits per heavy atom. The van der Waals surface area contributed by atoms with Crippen molar-refractivity contribution in [1.29, 1.82) is 0 Å². The molecule has 27 heavy (non-hydrogen) atoms. The number of hydrogen-bond donors (Lipinski definition) is 0. The maximum absolute atomic E-state index is 13.0. The Kier molecular flexibility index (Phi) is 6.18. The average Bonchev–Trinajstić information content (AvgIpc) is 2.68. The molecule has 1 aromatic heterocycles. The maximum atomic E-state index is 13.0. The van der Waals surface area contributed by atoms with Crippen LogP contribution in [-0.4, -0.2) is 59.9 Å². The van der Waals surface area contributed by atoms with E-state index in [1.807, 2.05) is 24.3 Å². The summed E-state index contributed by atoms with van der Waals surface area (Å²) >= 11 is 1.66. The second-order valence-corrected chi connectivity index (χ2v) is 10.1. The van der Waals surface area contributed by atoms with Crippen LogP contribution in [0.5, 0.6) is 0 Å². The van der Waals surface area contributed by atoms with Crippen molar-refractivity contribution >= 4 is 27.7 Å². The molecule has 0 N–H and O–H groups in total. The van der Waals surface area contributed by atoms with Crippen LogP contribution >= 0.6 is 11.8 Å². The molecule has 144 valence electrons. The number of thioether (sulfide) groups is 1. The summed E-state index contributed by atoms with van der Waals surface area (Å²) in [4.78, 5) is 19.7. The highest BCUT2D eigenvalue weighted by atomic mass is 32.2. The summed E-state index contributed by atoms with van der Waals surface area (Å²) < 4.78 is 26.8. The van der Waals surface area contributed by atoms with Crippen molar-refractivity contribution in [1.82, 2.24) is 14.2 Å². The molecule has 0 saturated carbocycles. The highest BCUT2D eigenvalue weighted by molar-refractivity contribution is 8.00. The van der Waals surface area contributed by atoms with Gasteiger partial charge in [0, 0.05) is 48.7 Å². The SMILES string of the molecule is CC(C)Sc1ccccc1C(=O)N1CCN(S(=O)(=O)c2cccnc2)CC1. The van der Waals surface area contributed by atoms with Gasteiger partial charge in [0.05, 0.1) is 5.56 Å². The Hall–Kier alpha value is -1.90. The molecule has 0 bridgehead atoms. The molecule has 1 saturated heterocycles. The first-order chi connectivity index (χ1) is 12.9. The summed E-state index contributed by atoms with van der Waals surface area (Å²) in [5.41, 5.74) is 0.680. The van der Waals surface area contributed by atoms with E-state index in [-0.39, 0.29) is 23.9 Å². The van der Waals surface area contributed by atoms with E-state index in [1.54, 1.807) is 35.0 Å². The molecular formula is C19H23N3O3S2. The van der Waals surface area contributed by atoms with Gasteiger partial charge in [-0.25, -0.2) is 8.42 Å². The third-order valence-electron chi connectivity index (χ3n) is 4.28. The lowest BCUT2D eigenvalue weighted by Crippen LogP contribution is -2.50. The number of carbonyl (C=O) groups is 1. The van der Waals surface area contributed by atoms with E-state index in [9.17, 15) is 13.2 Å². The summed E-state index contributed by atoms with van der Waals surface area (Å²) in [6, 6.07) is 10.7. The molecule has 0 spiro atoms. The third-order valence-corrected chi connectivity index (χ3v) is 7.24. The summed E-state index contributed by atoms with van der Waals surface area (Å²) in [5, 5.41) is 0.375. The molecule has 2 heterocycles. The number of nitrogens with zero attached hydrogens (tertiary/aromatic N) is 3. The highest BCUT2D eigenvalue weighted by Crippen LogP contribution is 2.28. The highest BCUT2D eigenvalue weighted by Gasteiger charge is 2.31. The lowest BCUT2D eigenvalue weighted by Gasteiger charge is -2.34. The van der Waals surface area contributed by atoms with Crippen LogP contribution in [0.4, 0.5) is 0 Å². The summed E-state index contributed by atoms with van der Waals surface area (Å²) in [6.45, 7) is 5.49. The number of sulfonamides is 1. The van der Waals surface area contributed by atoms with E-state index < -0.39 is 10.0 Å². The lowest BCUT2D eigenvalue weighted by molar-refractivity contribution is 0.0694. The van der Waals surface area contributed by atoms with Gasteiger partial charge in [-0.1, -0.05) is 26.0 Å². The molecular weight excluding hydrogens is 382 g/mol. The van der Waals surface area contributed by atoms with Crippen LogP contribution < -0.4 is 0 Å². The topological polar surface area (TPSA) is 70.6 Å². The number of carbonyl (C=O) groups excluding carboxylic acids is 1. The van der Waals surface area contributed by atoms with Crippen LogP contribution in [-0.2, 0) is 10.0 Å². The summed E-state index contributed by atoms with van der Waals surface area (Å²) in [7, 11) is -3.57. The van der Waals surface area contributed by atoms with Gasteiger partial charge in [-0.3, -0.25) is 9.78 Å². The van der Waals surface area contributed by atoms with E-state index in [2.05, 4.69) is 18.8 Å². The molecule has 0 aliphatic carbocycles. The van der Waals surface area contributed by atoms with E-state index in [0.29, 0.717) is 23.9 Å².